The van der Waals surface area contributed by atoms with Gasteiger partial charge < -0.3 is 14.4 Å². The highest BCUT2D eigenvalue weighted by atomic mass is 16.5. The fourth-order valence-electron chi connectivity index (χ4n) is 1.27. The van der Waals surface area contributed by atoms with Crippen molar-refractivity contribution < 1.29 is 14.4 Å². The highest BCUT2D eigenvalue weighted by Gasteiger charge is 2.03. The molecule has 1 atom stereocenters. The number of ether oxygens (including phenoxy) is 1. The molecule has 0 aliphatic carbocycles. The summed E-state index contributed by atoms with van der Waals surface area (Å²) in [6.45, 7) is 1.96. The summed E-state index contributed by atoms with van der Waals surface area (Å²) < 4.78 is 10.0. The molecule has 1 unspecified atom stereocenters. The van der Waals surface area contributed by atoms with Crippen LogP contribution in [0.15, 0.2) is 35.2 Å². The normalized spacial score (nSPS) is 12.4. The van der Waals surface area contributed by atoms with Crippen molar-refractivity contribution in [2.75, 3.05) is 0 Å². The second-order valence-corrected chi connectivity index (χ2v) is 3.38. The van der Waals surface area contributed by atoms with E-state index in [1.807, 2.05) is 18.2 Å². The lowest BCUT2D eigenvalue weighted by Gasteiger charge is -2.07. The lowest BCUT2D eigenvalue weighted by atomic mass is 10.1. The van der Waals surface area contributed by atoms with Crippen molar-refractivity contribution in [3.8, 4) is 5.75 Å². The van der Waals surface area contributed by atoms with Gasteiger partial charge in [-0.15, -0.1) is 0 Å². The van der Waals surface area contributed by atoms with Gasteiger partial charge in [0, 0.05) is 0 Å². The molecule has 2 aromatic rings. The average Bonchev–Trinajstić information content (AvgIpc) is 2.79. The fraction of sp³-hybridized carbons (Fsp3) is 0.273. The summed E-state index contributed by atoms with van der Waals surface area (Å²) in [5.74, 6) is 1.16. The monoisotopic (exact) mass is 220 g/mol. The topological polar surface area (TPSA) is 68.4 Å². The van der Waals surface area contributed by atoms with E-state index in [1.54, 1.807) is 13.0 Å². The predicted octanol–water partition coefficient (Wildman–Crippen LogP) is 1.70. The molecule has 1 heterocycles. The molecule has 84 valence electrons. The summed E-state index contributed by atoms with van der Waals surface area (Å²) in [4.78, 5) is 3.84. The predicted molar refractivity (Wildman–Crippen MR) is 55.7 cm³/mol. The molecular formula is C11H12N2O3. The second-order valence-electron chi connectivity index (χ2n) is 3.38. The van der Waals surface area contributed by atoms with Gasteiger partial charge in [-0.05, 0) is 24.6 Å². The number of aromatic nitrogens is 2. The molecule has 2 rings (SSSR count). The lowest BCUT2D eigenvalue weighted by molar-refractivity contribution is 0.198. The van der Waals surface area contributed by atoms with Gasteiger partial charge in [0.2, 0.25) is 12.2 Å². The Labute approximate surface area is 92.7 Å². The Morgan fingerprint density at radius 3 is 3.06 bits per heavy atom. The smallest absolute Gasteiger partial charge is 0.213 e. The van der Waals surface area contributed by atoms with Crippen molar-refractivity contribution in [2.45, 2.75) is 19.6 Å². The molecule has 0 fully saturated rings. The highest BCUT2D eigenvalue weighted by Crippen LogP contribution is 2.19. The Balaban J connectivity index is 2.01. The number of hydrogen-bond acceptors (Lipinski definition) is 5. The summed E-state index contributed by atoms with van der Waals surface area (Å²) in [6, 6.07) is 7.26. The molecule has 5 nitrogen and oxygen atoms in total. The molecule has 1 aromatic heterocycles. The zero-order valence-corrected chi connectivity index (χ0v) is 8.83. The molecule has 16 heavy (non-hydrogen) atoms. The van der Waals surface area contributed by atoms with E-state index in [0.717, 1.165) is 5.56 Å². The molecule has 0 spiro atoms. The molecule has 0 amide bonds. The standard InChI is InChI=1S/C11H12N2O3/c1-8(14)9-3-2-4-10(5-9)15-6-11-12-7-16-13-11/h2-5,7-8,14H,6H2,1H3. The number of benzene rings is 1. The summed E-state index contributed by atoms with van der Waals surface area (Å²) in [5.41, 5.74) is 0.811. The maximum atomic E-state index is 9.41. The van der Waals surface area contributed by atoms with Gasteiger partial charge in [-0.1, -0.05) is 17.3 Å². The van der Waals surface area contributed by atoms with Crippen molar-refractivity contribution >= 4 is 0 Å². The third kappa shape index (κ3) is 2.58. The molecule has 0 aliphatic rings. The number of nitrogens with zero attached hydrogens (tertiary/aromatic N) is 2. The molecule has 0 saturated heterocycles. The van der Waals surface area contributed by atoms with E-state index < -0.39 is 6.10 Å². The van der Waals surface area contributed by atoms with Crippen molar-refractivity contribution in [2.24, 2.45) is 0 Å². The van der Waals surface area contributed by atoms with Crippen LogP contribution in [0.4, 0.5) is 0 Å². The third-order valence-electron chi connectivity index (χ3n) is 2.12. The highest BCUT2D eigenvalue weighted by molar-refractivity contribution is 5.29. The van der Waals surface area contributed by atoms with Crippen LogP contribution in [0.3, 0.4) is 0 Å². The van der Waals surface area contributed by atoms with Gasteiger partial charge >= 0.3 is 0 Å². The summed E-state index contributed by atoms with van der Waals surface area (Å²) in [7, 11) is 0. The van der Waals surface area contributed by atoms with Gasteiger partial charge in [-0.25, -0.2) is 0 Å². The largest absolute Gasteiger partial charge is 0.485 e. The van der Waals surface area contributed by atoms with Crippen LogP contribution in [0, 0.1) is 0 Å². The van der Waals surface area contributed by atoms with Crippen LogP contribution < -0.4 is 4.74 Å². The zero-order chi connectivity index (χ0) is 11.4. The van der Waals surface area contributed by atoms with E-state index in [1.165, 1.54) is 6.39 Å². The molecule has 0 radical (unpaired) electrons. The first-order valence-electron chi connectivity index (χ1n) is 4.92. The number of aliphatic hydroxyl groups excluding tert-OH is 1. The van der Waals surface area contributed by atoms with E-state index in [4.69, 9.17) is 4.74 Å². The third-order valence-corrected chi connectivity index (χ3v) is 2.12. The summed E-state index contributed by atoms with van der Waals surface area (Å²) >= 11 is 0. The maximum Gasteiger partial charge on any atom is 0.213 e. The Morgan fingerprint density at radius 1 is 1.50 bits per heavy atom. The Bertz CT molecular complexity index is 440. The van der Waals surface area contributed by atoms with E-state index in [9.17, 15) is 5.11 Å². The van der Waals surface area contributed by atoms with Gasteiger partial charge in [-0.3, -0.25) is 0 Å². The van der Waals surface area contributed by atoms with Crippen molar-refractivity contribution in [3.63, 3.8) is 0 Å². The lowest BCUT2D eigenvalue weighted by Crippen LogP contribution is -1.98. The van der Waals surface area contributed by atoms with E-state index in [2.05, 4.69) is 14.7 Å². The molecule has 5 heteroatoms. The van der Waals surface area contributed by atoms with Crippen molar-refractivity contribution in [3.05, 3.63) is 42.0 Å². The van der Waals surface area contributed by atoms with Crippen LogP contribution in [0.2, 0.25) is 0 Å². The average molecular weight is 220 g/mol. The first-order valence-corrected chi connectivity index (χ1v) is 4.92. The van der Waals surface area contributed by atoms with Crippen LogP contribution in [-0.4, -0.2) is 15.2 Å². The van der Waals surface area contributed by atoms with Crippen LogP contribution >= 0.6 is 0 Å². The minimum Gasteiger partial charge on any atom is -0.485 e. The van der Waals surface area contributed by atoms with Crippen molar-refractivity contribution in [1.82, 2.24) is 10.1 Å². The first-order chi connectivity index (χ1) is 7.75. The fourth-order valence-corrected chi connectivity index (χ4v) is 1.27. The van der Waals surface area contributed by atoms with Gasteiger partial charge in [-0.2, -0.15) is 4.98 Å². The summed E-state index contributed by atoms with van der Waals surface area (Å²) in [6.07, 6.45) is 0.749. The quantitative estimate of drug-likeness (QED) is 0.849. The molecular weight excluding hydrogens is 208 g/mol. The van der Waals surface area contributed by atoms with Crippen LogP contribution in [0.1, 0.15) is 24.4 Å². The summed E-state index contributed by atoms with van der Waals surface area (Å²) in [5, 5.41) is 13.0. The zero-order valence-electron chi connectivity index (χ0n) is 8.83. The van der Waals surface area contributed by atoms with Crippen LogP contribution in [-0.2, 0) is 6.61 Å². The van der Waals surface area contributed by atoms with Gasteiger partial charge in [0.15, 0.2) is 6.61 Å². The molecule has 0 bridgehead atoms. The minimum atomic E-state index is -0.506. The SMILES string of the molecule is CC(O)c1cccc(OCc2ncon2)c1. The minimum absolute atomic E-state index is 0.250. The van der Waals surface area contributed by atoms with Gasteiger partial charge in [0.1, 0.15) is 5.75 Å². The Morgan fingerprint density at radius 2 is 2.38 bits per heavy atom. The number of rotatable bonds is 4. The second kappa shape index (κ2) is 4.76. The van der Waals surface area contributed by atoms with E-state index in [0.29, 0.717) is 11.6 Å². The number of aliphatic hydroxyl groups is 1. The maximum absolute atomic E-state index is 9.41. The van der Waals surface area contributed by atoms with E-state index in [-0.39, 0.29) is 6.61 Å². The van der Waals surface area contributed by atoms with E-state index >= 15 is 0 Å². The van der Waals surface area contributed by atoms with Crippen LogP contribution in [0.5, 0.6) is 5.75 Å². The van der Waals surface area contributed by atoms with Crippen molar-refractivity contribution in [1.29, 1.82) is 0 Å². The Kier molecular flexibility index (Phi) is 3.16. The first kappa shape index (κ1) is 10.6. The molecule has 0 aliphatic heterocycles. The molecule has 0 saturated carbocycles. The molecule has 1 aromatic carbocycles. The molecule has 1 N–H and O–H groups in total. The van der Waals surface area contributed by atoms with Gasteiger partial charge in [0.25, 0.3) is 0 Å². The Hall–Kier alpha value is -1.88. The van der Waals surface area contributed by atoms with Gasteiger partial charge in [0.05, 0.1) is 6.10 Å². The van der Waals surface area contributed by atoms with Crippen LogP contribution in [0.25, 0.3) is 0 Å². The number of hydrogen-bond donors (Lipinski definition) is 1.